The molecule has 0 bridgehead atoms. The summed E-state index contributed by atoms with van der Waals surface area (Å²) in [4.78, 5) is 12.2. The Morgan fingerprint density at radius 2 is 1.73 bits per heavy atom. The molecule has 6 heteroatoms. The van der Waals surface area contributed by atoms with E-state index in [0.717, 1.165) is 4.90 Å². The summed E-state index contributed by atoms with van der Waals surface area (Å²) in [6.07, 6.45) is -4.36. The lowest BCUT2D eigenvalue weighted by Crippen LogP contribution is -2.49. The maximum absolute atomic E-state index is 12.1. The third kappa shape index (κ3) is 6.19. The highest BCUT2D eigenvalue weighted by molar-refractivity contribution is 5.74. The molecule has 3 nitrogen and oxygen atoms in total. The summed E-state index contributed by atoms with van der Waals surface area (Å²) < 4.78 is 36.4. The number of rotatable bonds is 3. The Hall–Kier alpha value is -0.940. The molecule has 0 aliphatic heterocycles. The zero-order valence-electron chi connectivity index (χ0n) is 9.35. The molecule has 0 saturated heterocycles. The highest BCUT2D eigenvalue weighted by Gasteiger charge is 2.34. The maximum atomic E-state index is 12.1. The second-order valence-corrected chi connectivity index (χ2v) is 3.94. The standard InChI is InChI=1S/C9H17F3N2O/c1-6(2)13-8(15)14(7(3)4)5-9(10,11)12/h6-7H,5H2,1-4H3,(H,13,15). The molecule has 0 aromatic carbocycles. The van der Waals surface area contributed by atoms with E-state index in [9.17, 15) is 18.0 Å². The summed E-state index contributed by atoms with van der Waals surface area (Å²) in [5.74, 6) is 0. The minimum Gasteiger partial charge on any atom is -0.336 e. The smallest absolute Gasteiger partial charge is 0.336 e. The highest BCUT2D eigenvalue weighted by atomic mass is 19.4. The van der Waals surface area contributed by atoms with E-state index in [2.05, 4.69) is 5.32 Å². The van der Waals surface area contributed by atoms with Crippen LogP contribution in [0.4, 0.5) is 18.0 Å². The molecule has 0 rings (SSSR count). The number of amides is 2. The third-order valence-electron chi connectivity index (χ3n) is 1.65. The van der Waals surface area contributed by atoms with Crippen LogP contribution in [0.3, 0.4) is 0 Å². The van der Waals surface area contributed by atoms with Gasteiger partial charge in [0, 0.05) is 12.1 Å². The summed E-state index contributed by atoms with van der Waals surface area (Å²) in [6.45, 7) is 5.27. The van der Waals surface area contributed by atoms with Crippen molar-refractivity contribution in [2.24, 2.45) is 0 Å². The van der Waals surface area contributed by atoms with Gasteiger partial charge in [-0.1, -0.05) is 0 Å². The van der Waals surface area contributed by atoms with E-state index < -0.39 is 24.8 Å². The molecule has 0 unspecified atom stereocenters. The molecule has 0 aliphatic rings. The van der Waals surface area contributed by atoms with Crippen LogP contribution >= 0.6 is 0 Å². The van der Waals surface area contributed by atoms with Crippen molar-refractivity contribution in [3.8, 4) is 0 Å². The SMILES string of the molecule is CC(C)NC(=O)N(CC(F)(F)F)C(C)C. The number of hydrogen-bond acceptors (Lipinski definition) is 1. The fourth-order valence-electron chi connectivity index (χ4n) is 1.01. The van der Waals surface area contributed by atoms with Crippen molar-refractivity contribution in [1.82, 2.24) is 10.2 Å². The molecule has 0 aromatic rings. The predicted molar refractivity (Wildman–Crippen MR) is 51.6 cm³/mol. The number of carbonyl (C=O) groups excluding carboxylic acids is 1. The van der Waals surface area contributed by atoms with Gasteiger partial charge in [-0.2, -0.15) is 13.2 Å². The zero-order chi connectivity index (χ0) is 12.2. The van der Waals surface area contributed by atoms with E-state index in [-0.39, 0.29) is 6.04 Å². The quantitative estimate of drug-likeness (QED) is 0.787. The van der Waals surface area contributed by atoms with Crippen LogP contribution in [0.15, 0.2) is 0 Å². The summed E-state index contributed by atoms with van der Waals surface area (Å²) in [7, 11) is 0. The van der Waals surface area contributed by atoms with E-state index in [4.69, 9.17) is 0 Å². The van der Waals surface area contributed by atoms with E-state index in [1.54, 1.807) is 27.7 Å². The lowest BCUT2D eigenvalue weighted by atomic mass is 10.3. The third-order valence-corrected chi connectivity index (χ3v) is 1.65. The van der Waals surface area contributed by atoms with Crippen LogP contribution < -0.4 is 5.32 Å². The molecular formula is C9H17F3N2O. The molecule has 15 heavy (non-hydrogen) atoms. The van der Waals surface area contributed by atoms with E-state index in [0.29, 0.717) is 0 Å². The molecule has 0 radical (unpaired) electrons. The maximum Gasteiger partial charge on any atom is 0.406 e. The van der Waals surface area contributed by atoms with Crippen LogP contribution in [-0.2, 0) is 0 Å². The van der Waals surface area contributed by atoms with E-state index in [1.807, 2.05) is 0 Å². The normalized spacial score (nSPS) is 12.1. The molecule has 0 heterocycles. The molecule has 0 aromatic heterocycles. The molecular weight excluding hydrogens is 209 g/mol. The Balaban J connectivity index is 4.46. The summed E-state index contributed by atoms with van der Waals surface area (Å²) in [5, 5.41) is 2.43. The first-order chi connectivity index (χ1) is 6.63. The summed E-state index contributed by atoms with van der Waals surface area (Å²) in [5.41, 5.74) is 0. The lowest BCUT2D eigenvalue weighted by molar-refractivity contribution is -0.142. The van der Waals surface area contributed by atoms with E-state index in [1.165, 1.54) is 0 Å². The molecule has 0 spiro atoms. The lowest BCUT2D eigenvalue weighted by Gasteiger charge is -2.28. The van der Waals surface area contributed by atoms with Crippen LogP contribution in [0.1, 0.15) is 27.7 Å². The van der Waals surface area contributed by atoms with Crippen molar-refractivity contribution in [3.05, 3.63) is 0 Å². The number of hydrogen-bond donors (Lipinski definition) is 1. The van der Waals surface area contributed by atoms with Crippen molar-refractivity contribution in [1.29, 1.82) is 0 Å². The van der Waals surface area contributed by atoms with Gasteiger partial charge >= 0.3 is 12.2 Å². The van der Waals surface area contributed by atoms with Crippen molar-refractivity contribution in [2.45, 2.75) is 46.0 Å². The van der Waals surface area contributed by atoms with Crippen LogP contribution in [0.25, 0.3) is 0 Å². The average molecular weight is 226 g/mol. The molecule has 0 saturated carbocycles. The number of nitrogens with zero attached hydrogens (tertiary/aromatic N) is 1. The van der Waals surface area contributed by atoms with E-state index >= 15 is 0 Å². The monoisotopic (exact) mass is 226 g/mol. The van der Waals surface area contributed by atoms with Crippen molar-refractivity contribution in [2.75, 3.05) is 6.54 Å². The van der Waals surface area contributed by atoms with Gasteiger partial charge in [0.1, 0.15) is 6.54 Å². The minimum absolute atomic E-state index is 0.174. The van der Waals surface area contributed by atoms with Gasteiger partial charge in [-0.25, -0.2) is 4.79 Å². The van der Waals surface area contributed by atoms with Crippen LogP contribution in [0.5, 0.6) is 0 Å². The Bertz CT molecular complexity index is 214. The van der Waals surface area contributed by atoms with Gasteiger partial charge in [-0.3, -0.25) is 0 Å². The van der Waals surface area contributed by atoms with Gasteiger partial charge in [0.05, 0.1) is 0 Å². The molecule has 0 aliphatic carbocycles. The second-order valence-electron chi connectivity index (χ2n) is 3.94. The van der Waals surface area contributed by atoms with Crippen LogP contribution in [-0.4, -0.2) is 35.7 Å². The van der Waals surface area contributed by atoms with Gasteiger partial charge in [-0.05, 0) is 27.7 Å². The first kappa shape index (κ1) is 14.1. The topological polar surface area (TPSA) is 32.3 Å². The summed E-state index contributed by atoms with van der Waals surface area (Å²) in [6, 6.07) is -1.34. The van der Waals surface area contributed by atoms with Crippen molar-refractivity contribution < 1.29 is 18.0 Å². The minimum atomic E-state index is -4.36. The van der Waals surface area contributed by atoms with Gasteiger partial charge in [0.25, 0.3) is 0 Å². The van der Waals surface area contributed by atoms with Crippen LogP contribution in [0.2, 0.25) is 0 Å². The Labute approximate surface area is 87.6 Å². The second kappa shape index (κ2) is 5.23. The van der Waals surface area contributed by atoms with Gasteiger partial charge in [-0.15, -0.1) is 0 Å². The number of halogens is 3. The zero-order valence-corrected chi connectivity index (χ0v) is 9.35. The fraction of sp³-hybridized carbons (Fsp3) is 0.889. The number of urea groups is 1. The molecule has 90 valence electrons. The molecule has 0 atom stereocenters. The Morgan fingerprint density at radius 3 is 2.00 bits per heavy atom. The van der Waals surface area contributed by atoms with Gasteiger partial charge < -0.3 is 10.2 Å². The first-order valence-corrected chi connectivity index (χ1v) is 4.77. The van der Waals surface area contributed by atoms with Crippen molar-refractivity contribution in [3.63, 3.8) is 0 Å². The van der Waals surface area contributed by atoms with Crippen LogP contribution in [0, 0.1) is 0 Å². The first-order valence-electron chi connectivity index (χ1n) is 4.77. The van der Waals surface area contributed by atoms with Gasteiger partial charge in [0.2, 0.25) is 0 Å². The van der Waals surface area contributed by atoms with Crippen molar-refractivity contribution >= 4 is 6.03 Å². The molecule has 1 N–H and O–H groups in total. The highest BCUT2D eigenvalue weighted by Crippen LogP contribution is 2.18. The fourth-order valence-corrected chi connectivity index (χ4v) is 1.01. The number of alkyl halides is 3. The average Bonchev–Trinajstić information content (AvgIpc) is 1.96. The largest absolute Gasteiger partial charge is 0.406 e. The Morgan fingerprint density at radius 1 is 1.27 bits per heavy atom. The Kier molecular flexibility index (Phi) is 4.90. The molecule has 2 amide bonds. The number of nitrogens with one attached hydrogen (secondary N) is 1. The number of carbonyl (C=O) groups is 1. The van der Waals surface area contributed by atoms with Gasteiger partial charge in [0.15, 0.2) is 0 Å². The predicted octanol–water partition coefficient (Wildman–Crippen LogP) is 2.38. The summed E-state index contributed by atoms with van der Waals surface area (Å²) >= 11 is 0. The molecule has 0 fully saturated rings.